The average Bonchev–Trinajstić information content (AvgIpc) is 2.41. The fourth-order valence-electron chi connectivity index (χ4n) is 3.48. The second-order valence-electron chi connectivity index (χ2n) is 6.10. The molecule has 1 aromatic rings. The van der Waals surface area contributed by atoms with Gasteiger partial charge in [0.2, 0.25) is 0 Å². The maximum Gasteiger partial charge on any atom is 0.272 e. The summed E-state index contributed by atoms with van der Waals surface area (Å²) in [6.07, 6.45) is 4.61. The third kappa shape index (κ3) is 3.18. The zero-order valence-corrected chi connectivity index (χ0v) is 12.6. The first-order chi connectivity index (χ1) is 9.52. The molecule has 1 aliphatic rings. The van der Waals surface area contributed by atoms with Crippen molar-refractivity contribution in [2.75, 3.05) is 7.05 Å². The van der Waals surface area contributed by atoms with Crippen LogP contribution >= 0.6 is 0 Å². The van der Waals surface area contributed by atoms with Crippen molar-refractivity contribution in [1.29, 1.82) is 0 Å². The highest BCUT2D eigenvalue weighted by atomic mass is 16.6. The van der Waals surface area contributed by atoms with Gasteiger partial charge in [-0.05, 0) is 57.1 Å². The van der Waals surface area contributed by atoms with Gasteiger partial charge in [-0.3, -0.25) is 10.1 Å². The van der Waals surface area contributed by atoms with Crippen molar-refractivity contribution in [1.82, 2.24) is 5.32 Å². The monoisotopic (exact) mass is 276 g/mol. The van der Waals surface area contributed by atoms with Gasteiger partial charge in [0.05, 0.1) is 4.92 Å². The van der Waals surface area contributed by atoms with E-state index in [1.165, 1.54) is 19.3 Å². The first-order valence-electron chi connectivity index (χ1n) is 7.43. The minimum absolute atomic E-state index is 0.243. The smallest absolute Gasteiger partial charge is 0.272 e. The van der Waals surface area contributed by atoms with E-state index >= 15 is 0 Å². The maximum atomic E-state index is 11.0. The van der Waals surface area contributed by atoms with Gasteiger partial charge in [-0.25, -0.2) is 0 Å². The predicted octanol–water partition coefficient (Wildman–Crippen LogP) is 3.47. The van der Waals surface area contributed by atoms with Gasteiger partial charge in [-0.15, -0.1) is 0 Å². The van der Waals surface area contributed by atoms with Gasteiger partial charge in [0, 0.05) is 17.7 Å². The number of hydrogen-bond acceptors (Lipinski definition) is 3. The van der Waals surface area contributed by atoms with Crippen molar-refractivity contribution in [3.8, 4) is 0 Å². The van der Waals surface area contributed by atoms with Crippen molar-refractivity contribution in [3.05, 3.63) is 39.4 Å². The van der Waals surface area contributed by atoms with Crippen molar-refractivity contribution in [3.63, 3.8) is 0 Å². The summed E-state index contributed by atoms with van der Waals surface area (Å²) in [6.45, 7) is 4.17. The summed E-state index contributed by atoms with van der Waals surface area (Å²) in [5.41, 5.74) is 2.19. The van der Waals surface area contributed by atoms with Crippen molar-refractivity contribution in [2.45, 2.75) is 45.6 Å². The largest absolute Gasteiger partial charge is 0.317 e. The molecule has 4 nitrogen and oxygen atoms in total. The van der Waals surface area contributed by atoms with Crippen LogP contribution in [-0.2, 0) is 6.42 Å². The number of hydrogen-bond donors (Lipinski definition) is 1. The fraction of sp³-hybridized carbons (Fsp3) is 0.625. The zero-order valence-electron chi connectivity index (χ0n) is 12.6. The molecule has 110 valence electrons. The topological polar surface area (TPSA) is 55.2 Å². The van der Waals surface area contributed by atoms with Crippen LogP contribution in [0.2, 0.25) is 0 Å². The molecule has 3 unspecified atom stereocenters. The minimum atomic E-state index is -0.280. The molecule has 1 fully saturated rings. The van der Waals surface area contributed by atoms with Gasteiger partial charge in [0.25, 0.3) is 5.69 Å². The lowest BCUT2D eigenvalue weighted by molar-refractivity contribution is -0.385. The first kappa shape index (κ1) is 15.0. The summed E-state index contributed by atoms with van der Waals surface area (Å²) in [4.78, 5) is 10.8. The standard InChI is InChI=1S/C16H24N2O2/c1-11-7-8-15(17-3)14(9-11)10-13-5-4-6-16(12(13)2)18(19)20/h4-6,11,14-15,17H,7-10H2,1-3H3. The molecular formula is C16H24N2O2. The molecule has 0 radical (unpaired) electrons. The van der Waals surface area contributed by atoms with E-state index in [1.807, 2.05) is 20.0 Å². The van der Waals surface area contributed by atoms with Crippen molar-refractivity contribution >= 4 is 5.69 Å². The van der Waals surface area contributed by atoms with Crippen LogP contribution in [0.3, 0.4) is 0 Å². The fourth-order valence-corrected chi connectivity index (χ4v) is 3.48. The average molecular weight is 276 g/mol. The summed E-state index contributed by atoms with van der Waals surface area (Å²) < 4.78 is 0. The summed E-state index contributed by atoms with van der Waals surface area (Å²) in [7, 11) is 2.02. The quantitative estimate of drug-likeness (QED) is 0.676. The molecule has 1 N–H and O–H groups in total. The number of rotatable bonds is 4. The Bertz CT molecular complexity index is 487. The van der Waals surface area contributed by atoms with Crippen LogP contribution in [-0.4, -0.2) is 18.0 Å². The third-order valence-corrected chi connectivity index (χ3v) is 4.71. The Hall–Kier alpha value is -1.42. The molecule has 0 heterocycles. The first-order valence-corrected chi connectivity index (χ1v) is 7.43. The van der Waals surface area contributed by atoms with Gasteiger partial charge in [0.1, 0.15) is 0 Å². The molecule has 4 heteroatoms. The van der Waals surface area contributed by atoms with Crippen LogP contribution in [0.4, 0.5) is 5.69 Å². The number of nitro groups is 1. The van der Waals surface area contributed by atoms with Gasteiger partial charge < -0.3 is 5.32 Å². The van der Waals surface area contributed by atoms with E-state index in [4.69, 9.17) is 0 Å². The van der Waals surface area contributed by atoms with Crippen LogP contribution in [0.15, 0.2) is 18.2 Å². The van der Waals surface area contributed by atoms with Crippen molar-refractivity contribution in [2.24, 2.45) is 11.8 Å². The SMILES string of the molecule is CNC1CCC(C)CC1Cc1cccc([N+](=O)[O-])c1C. The number of nitrogens with zero attached hydrogens (tertiary/aromatic N) is 1. The molecule has 20 heavy (non-hydrogen) atoms. The van der Waals surface area contributed by atoms with Crippen LogP contribution in [0.5, 0.6) is 0 Å². The molecule has 1 aromatic carbocycles. The van der Waals surface area contributed by atoms with Crippen LogP contribution in [0.25, 0.3) is 0 Å². The van der Waals surface area contributed by atoms with Crippen LogP contribution < -0.4 is 5.32 Å². The summed E-state index contributed by atoms with van der Waals surface area (Å²) >= 11 is 0. The molecule has 0 bridgehead atoms. The highest BCUT2D eigenvalue weighted by molar-refractivity contribution is 5.44. The molecule has 0 saturated heterocycles. The number of nitrogens with one attached hydrogen (secondary N) is 1. The lowest BCUT2D eigenvalue weighted by Gasteiger charge is -2.35. The molecule has 2 rings (SSSR count). The van der Waals surface area contributed by atoms with Crippen LogP contribution in [0.1, 0.15) is 37.3 Å². The molecule has 1 aliphatic carbocycles. The maximum absolute atomic E-state index is 11.0. The molecular weight excluding hydrogens is 252 g/mol. The Morgan fingerprint density at radius 3 is 2.80 bits per heavy atom. The second kappa shape index (κ2) is 6.35. The Morgan fingerprint density at radius 1 is 1.40 bits per heavy atom. The van der Waals surface area contributed by atoms with Crippen molar-refractivity contribution < 1.29 is 4.92 Å². The second-order valence-corrected chi connectivity index (χ2v) is 6.10. The summed E-state index contributed by atoms with van der Waals surface area (Å²) in [6, 6.07) is 5.97. The summed E-state index contributed by atoms with van der Waals surface area (Å²) in [5.74, 6) is 1.33. The van der Waals surface area contributed by atoms with Gasteiger partial charge in [-0.1, -0.05) is 19.1 Å². The molecule has 0 aromatic heterocycles. The zero-order chi connectivity index (χ0) is 14.7. The Labute approximate surface area is 120 Å². The van der Waals surface area contributed by atoms with E-state index in [9.17, 15) is 10.1 Å². The molecule has 1 saturated carbocycles. The van der Waals surface area contributed by atoms with Gasteiger partial charge in [-0.2, -0.15) is 0 Å². The number of benzene rings is 1. The Kier molecular flexibility index (Phi) is 4.76. The lowest BCUT2D eigenvalue weighted by Crippen LogP contribution is -2.39. The van der Waals surface area contributed by atoms with E-state index in [0.717, 1.165) is 23.5 Å². The Balaban J connectivity index is 2.20. The number of nitro benzene ring substituents is 1. The van der Waals surface area contributed by atoms with E-state index in [-0.39, 0.29) is 10.6 Å². The highest BCUT2D eigenvalue weighted by Crippen LogP contribution is 2.33. The predicted molar refractivity (Wildman–Crippen MR) is 80.9 cm³/mol. The van der Waals surface area contributed by atoms with E-state index < -0.39 is 0 Å². The van der Waals surface area contributed by atoms with Crippen LogP contribution in [0, 0.1) is 28.9 Å². The molecule has 0 amide bonds. The van der Waals surface area contributed by atoms with E-state index in [0.29, 0.717) is 12.0 Å². The molecule has 3 atom stereocenters. The van der Waals surface area contributed by atoms with Gasteiger partial charge >= 0.3 is 0 Å². The Morgan fingerprint density at radius 2 is 2.15 bits per heavy atom. The molecule has 0 aliphatic heterocycles. The highest BCUT2D eigenvalue weighted by Gasteiger charge is 2.28. The normalized spacial score (nSPS) is 26.4. The summed E-state index contributed by atoms with van der Waals surface area (Å²) in [5, 5.41) is 14.4. The lowest BCUT2D eigenvalue weighted by atomic mass is 9.75. The minimum Gasteiger partial charge on any atom is -0.317 e. The van der Waals surface area contributed by atoms with E-state index in [2.05, 4.69) is 12.2 Å². The molecule has 0 spiro atoms. The van der Waals surface area contributed by atoms with E-state index in [1.54, 1.807) is 12.1 Å². The van der Waals surface area contributed by atoms with Gasteiger partial charge in [0.15, 0.2) is 0 Å². The third-order valence-electron chi connectivity index (χ3n) is 4.71.